The first-order chi connectivity index (χ1) is 16.7. The third-order valence-corrected chi connectivity index (χ3v) is 6.33. The molecule has 0 radical (unpaired) electrons. The highest BCUT2D eigenvalue weighted by atomic mass is 19.4. The number of halogens is 6. The summed E-state index contributed by atoms with van der Waals surface area (Å²) in [5.41, 5.74) is -0.221. The van der Waals surface area contributed by atoms with Crippen LogP contribution < -0.4 is 10.1 Å². The topological polar surface area (TPSA) is 50.3 Å². The summed E-state index contributed by atoms with van der Waals surface area (Å²) < 4.78 is 87.6. The summed E-state index contributed by atoms with van der Waals surface area (Å²) in [7, 11) is 1.62. The van der Waals surface area contributed by atoms with Gasteiger partial charge in [0.1, 0.15) is 29.8 Å². The molecular formula is C25H26F6N4O. The van der Waals surface area contributed by atoms with Crippen LogP contribution in [0.25, 0.3) is 10.9 Å². The molecule has 3 aromatic rings. The fourth-order valence-corrected chi connectivity index (χ4v) is 4.46. The van der Waals surface area contributed by atoms with E-state index >= 15 is 0 Å². The standard InChI is InChI=1S/C25H26F6N4O/c1-13-8-20-18(9-21(13)36-11-16-10-24(27,28)12-35(16)4)23(34-15(3)33-20)32-14(2)17-6-5-7-19(22(17)26)25(29,30)31/h5-9,14,16H,10-12H2,1-4H3,(H,32,33,34)/t14-,16+/m1/s1. The zero-order valence-corrected chi connectivity index (χ0v) is 20.2. The van der Waals surface area contributed by atoms with Crippen LogP contribution in [0.2, 0.25) is 0 Å². The van der Waals surface area contributed by atoms with E-state index in [1.54, 1.807) is 37.9 Å². The van der Waals surface area contributed by atoms with Crippen molar-refractivity contribution in [3.8, 4) is 5.75 Å². The average Bonchev–Trinajstić information content (AvgIpc) is 3.02. The Morgan fingerprint density at radius 3 is 2.56 bits per heavy atom. The number of hydrogen-bond donors (Lipinski definition) is 1. The molecule has 0 saturated carbocycles. The number of likely N-dealkylation sites (N-methyl/N-ethyl adjacent to an activating group) is 1. The van der Waals surface area contributed by atoms with E-state index < -0.39 is 35.6 Å². The number of nitrogens with one attached hydrogen (secondary N) is 1. The maximum absolute atomic E-state index is 14.7. The predicted molar refractivity (Wildman–Crippen MR) is 124 cm³/mol. The highest BCUT2D eigenvalue weighted by Crippen LogP contribution is 2.36. The van der Waals surface area contributed by atoms with Gasteiger partial charge in [-0.05, 0) is 51.6 Å². The first kappa shape index (κ1) is 26.0. The molecule has 0 bridgehead atoms. The average molecular weight is 512 g/mol. The van der Waals surface area contributed by atoms with E-state index in [4.69, 9.17) is 4.74 Å². The summed E-state index contributed by atoms with van der Waals surface area (Å²) in [4.78, 5) is 10.3. The number of fused-ring (bicyclic) bond motifs is 1. The van der Waals surface area contributed by atoms with Gasteiger partial charge in [-0.3, -0.25) is 4.90 Å². The van der Waals surface area contributed by atoms with Crippen molar-refractivity contribution in [1.82, 2.24) is 14.9 Å². The molecule has 5 nitrogen and oxygen atoms in total. The number of aryl methyl sites for hydroxylation is 2. The van der Waals surface area contributed by atoms with Gasteiger partial charge < -0.3 is 10.1 Å². The van der Waals surface area contributed by atoms with Crippen LogP contribution in [0, 0.1) is 19.7 Å². The fourth-order valence-electron chi connectivity index (χ4n) is 4.46. The van der Waals surface area contributed by atoms with Crippen LogP contribution in [-0.2, 0) is 6.18 Å². The Morgan fingerprint density at radius 1 is 1.19 bits per heavy atom. The van der Waals surface area contributed by atoms with Crippen LogP contribution >= 0.6 is 0 Å². The molecule has 194 valence electrons. The summed E-state index contributed by atoms with van der Waals surface area (Å²) >= 11 is 0. The van der Waals surface area contributed by atoms with Crippen LogP contribution in [0.1, 0.15) is 41.9 Å². The van der Waals surface area contributed by atoms with Crippen molar-refractivity contribution in [3.05, 3.63) is 58.7 Å². The second-order valence-corrected chi connectivity index (χ2v) is 9.27. The van der Waals surface area contributed by atoms with Crippen LogP contribution in [0.5, 0.6) is 5.75 Å². The largest absolute Gasteiger partial charge is 0.492 e. The van der Waals surface area contributed by atoms with Crippen molar-refractivity contribution < 1.29 is 31.1 Å². The lowest BCUT2D eigenvalue weighted by atomic mass is 10.0. The molecule has 1 aliphatic rings. The lowest BCUT2D eigenvalue weighted by Gasteiger charge is -2.21. The Labute approximate surface area is 204 Å². The van der Waals surface area contributed by atoms with E-state index in [1.807, 2.05) is 0 Å². The lowest BCUT2D eigenvalue weighted by Crippen LogP contribution is -2.30. The van der Waals surface area contributed by atoms with Gasteiger partial charge in [-0.2, -0.15) is 13.2 Å². The van der Waals surface area contributed by atoms with Gasteiger partial charge in [0.15, 0.2) is 0 Å². The molecule has 1 fully saturated rings. The van der Waals surface area contributed by atoms with Crippen molar-refractivity contribution in [3.63, 3.8) is 0 Å². The van der Waals surface area contributed by atoms with Gasteiger partial charge in [0.2, 0.25) is 0 Å². The number of rotatable bonds is 6. The quantitative estimate of drug-likeness (QED) is 0.393. The summed E-state index contributed by atoms with van der Waals surface area (Å²) in [6, 6.07) is 5.24. The van der Waals surface area contributed by atoms with E-state index in [9.17, 15) is 26.3 Å². The summed E-state index contributed by atoms with van der Waals surface area (Å²) in [6.45, 7) is 4.72. The Bertz CT molecular complexity index is 1280. The fraction of sp³-hybridized carbons (Fsp3) is 0.440. The Morgan fingerprint density at radius 2 is 1.92 bits per heavy atom. The lowest BCUT2D eigenvalue weighted by molar-refractivity contribution is -0.140. The number of likely N-dealkylation sites (tertiary alicyclic amines) is 1. The molecule has 2 aromatic carbocycles. The molecule has 0 spiro atoms. The molecule has 2 heterocycles. The molecule has 11 heteroatoms. The highest BCUT2D eigenvalue weighted by Gasteiger charge is 2.43. The van der Waals surface area contributed by atoms with Crippen molar-refractivity contribution in [2.24, 2.45) is 0 Å². The molecule has 1 aromatic heterocycles. The molecule has 1 aliphatic heterocycles. The summed E-state index contributed by atoms with van der Waals surface area (Å²) in [5, 5.41) is 3.51. The smallest absolute Gasteiger partial charge is 0.419 e. The zero-order chi connectivity index (χ0) is 26.4. The number of anilines is 1. The van der Waals surface area contributed by atoms with Crippen molar-refractivity contribution in [2.75, 3.05) is 25.5 Å². The molecule has 1 N–H and O–H groups in total. The Hall–Kier alpha value is -3.08. The van der Waals surface area contributed by atoms with Crippen LogP contribution in [-0.4, -0.2) is 47.0 Å². The number of aromatic nitrogens is 2. The molecule has 0 amide bonds. The minimum Gasteiger partial charge on any atom is -0.492 e. The number of alkyl halides is 5. The number of ether oxygens (including phenoxy) is 1. The Kier molecular flexibility index (Phi) is 6.80. The molecule has 0 aliphatic carbocycles. The van der Waals surface area contributed by atoms with E-state index in [-0.39, 0.29) is 31.0 Å². The second kappa shape index (κ2) is 9.42. The van der Waals surface area contributed by atoms with Gasteiger partial charge in [0.25, 0.3) is 5.92 Å². The summed E-state index contributed by atoms with van der Waals surface area (Å²) in [6.07, 6.45) is -5.12. The van der Waals surface area contributed by atoms with E-state index in [0.717, 1.165) is 11.6 Å². The van der Waals surface area contributed by atoms with E-state index in [2.05, 4.69) is 15.3 Å². The predicted octanol–water partition coefficient (Wildman–Crippen LogP) is 6.30. The van der Waals surface area contributed by atoms with Gasteiger partial charge in [-0.15, -0.1) is 0 Å². The maximum atomic E-state index is 14.7. The molecule has 1 saturated heterocycles. The zero-order valence-electron chi connectivity index (χ0n) is 20.2. The minimum absolute atomic E-state index is 0.0553. The van der Waals surface area contributed by atoms with Crippen LogP contribution in [0.4, 0.5) is 32.2 Å². The number of hydrogen-bond acceptors (Lipinski definition) is 5. The molecule has 0 unspecified atom stereocenters. The second-order valence-electron chi connectivity index (χ2n) is 9.27. The first-order valence-corrected chi connectivity index (χ1v) is 11.4. The summed E-state index contributed by atoms with van der Waals surface area (Å²) in [5.74, 6) is -2.98. The van der Waals surface area contributed by atoms with Gasteiger partial charge in [-0.1, -0.05) is 12.1 Å². The number of nitrogens with zero attached hydrogens (tertiary/aromatic N) is 3. The third-order valence-electron chi connectivity index (χ3n) is 6.33. The SMILES string of the molecule is Cc1nc(N[C@H](C)c2cccc(C(F)(F)F)c2F)c2cc(OC[C@@H]3CC(F)(F)CN3C)c(C)cc2n1. The highest BCUT2D eigenvalue weighted by molar-refractivity contribution is 5.91. The molecule has 36 heavy (non-hydrogen) atoms. The van der Waals surface area contributed by atoms with Crippen LogP contribution in [0.3, 0.4) is 0 Å². The third kappa shape index (κ3) is 5.35. The van der Waals surface area contributed by atoms with Gasteiger partial charge in [0.05, 0.1) is 23.7 Å². The van der Waals surface area contributed by atoms with Crippen molar-refractivity contribution in [1.29, 1.82) is 0 Å². The Balaban J connectivity index is 1.64. The van der Waals surface area contributed by atoms with E-state index in [1.165, 1.54) is 13.0 Å². The maximum Gasteiger partial charge on any atom is 0.419 e. The van der Waals surface area contributed by atoms with E-state index in [0.29, 0.717) is 28.5 Å². The van der Waals surface area contributed by atoms with Gasteiger partial charge in [-0.25, -0.2) is 23.1 Å². The normalized spacial score (nSPS) is 19.0. The van der Waals surface area contributed by atoms with Crippen molar-refractivity contribution >= 4 is 16.7 Å². The van der Waals surface area contributed by atoms with Gasteiger partial charge >= 0.3 is 6.18 Å². The van der Waals surface area contributed by atoms with Gasteiger partial charge in [0, 0.05) is 23.4 Å². The number of benzene rings is 2. The minimum atomic E-state index is -4.82. The monoisotopic (exact) mass is 512 g/mol. The molecular weight excluding hydrogens is 486 g/mol. The van der Waals surface area contributed by atoms with Crippen molar-refractivity contribution in [2.45, 2.75) is 51.4 Å². The van der Waals surface area contributed by atoms with Crippen LogP contribution in [0.15, 0.2) is 30.3 Å². The molecule has 4 rings (SSSR count). The molecule has 2 atom stereocenters. The first-order valence-electron chi connectivity index (χ1n) is 11.4.